The normalized spacial score (nSPS) is 15.4. The summed E-state index contributed by atoms with van der Waals surface area (Å²) in [5, 5.41) is 8.89. The van der Waals surface area contributed by atoms with Crippen LogP contribution in [0.15, 0.2) is 24.3 Å². The molecule has 1 heterocycles. The zero-order valence-electron chi connectivity index (χ0n) is 15.9. The van der Waals surface area contributed by atoms with Crippen LogP contribution in [-0.2, 0) is 16.1 Å². The van der Waals surface area contributed by atoms with Gasteiger partial charge in [-0.05, 0) is 44.5 Å². The summed E-state index contributed by atoms with van der Waals surface area (Å²) in [4.78, 5) is 29.1. The highest BCUT2D eigenvalue weighted by Crippen LogP contribution is 2.16. The van der Waals surface area contributed by atoms with Gasteiger partial charge in [0.25, 0.3) is 0 Å². The molecule has 1 fully saturated rings. The number of likely N-dealkylation sites (N-methyl/N-ethyl adjacent to an activating group) is 2. The van der Waals surface area contributed by atoms with Crippen molar-refractivity contribution >= 4 is 24.3 Å². The Morgan fingerprint density at radius 1 is 1.30 bits per heavy atom. The fraction of sp³-hybridized carbons (Fsp3) is 0.579. The van der Waals surface area contributed by atoms with Gasteiger partial charge in [0.1, 0.15) is 5.82 Å². The van der Waals surface area contributed by atoms with Gasteiger partial charge >= 0.3 is 5.97 Å². The minimum Gasteiger partial charge on any atom is -0.480 e. The zero-order valence-corrected chi connectivity index (χ0v) is 16.8. The Kier molecular flexibility index (Phi) is 9.69. The highest BCUT2D eigenvalue weighted by molar-refractivity contribution is 5.85. The first-order valence-electron chi connectivity index (χ1n) is 9.05. The van der Waals surface area contributed by atoms with Gasteiger partial charge in [0.2, 0.25) is 5.91 Å². The third-order valence-corrected chi connectivity index (χ3v) is 4.92. The second-order valence-electron chi connectivity index (χ2n) is 6.85. The monoisotopic (exact) mass is 401 g/mol. The van der Waals surface area contributed by atoms with Crippen molar-refractivity contribution in [1.82, 2.24) is 14.7 Å². The van der Waals surface area contributed by atoms with Gasteiger partial charge in [-0.25, -0.2) is 4.39 Å². The van der Waals surface area contributed by atoms with Crippen molar-refractivity contribution in [2.75, 3.05) is 39.8 Å². The first-order chi connectivity index (χ1) is 12.4. The van der Waals surface area contributed by atoms with Crippen LogP contribution in [0.4, 0.5) is 4.39 Å². The molecule has 0 aromatic heterocycles. The average molecular weight is 402 g/mol. The lowest BCUT2D eigenvalue weighted by Crippen LogP contribution is -2.48. The molecule has 152 valence electrons. The lowest BCUT2D eigenvalue weighted by atomic mass is 10.0. The molecule has 27 heavy (non-hydrogen) atoms. The number of carbonyl (C=O) groups excluding carboxylic acids is 1. The highest BCUT2D eigenvalue weighted by atomic mass is 35.5. The summed E-state index contributed by atoms with van der Waals surface area (Å²) in [5.41, 5.74) is 0.786. The van der Waals surface area contributed by atoms with E-state index in [4.69, 9.17) is 5.11 Å². The van der Waals surface area contributed by atoms with E-state index in [9.17, 15) is 14.0 Å². The van der Waals surface area contributed by atoms with Crippen molar-refractivity contribution in [2.45, 2.75) is 32.4 Å². The van der Waals surface area contributed by atoms with E-state index in [1.54, 1.807) is 11.0 Å². The molecular formula is C19H29ClFN3O3. The first-order valence-corrected chi connectivity index (χ1v) is 9.05. The molecule has 2 rings (SSSR count). The van der Waals surface area contributed by atoms with Gasteiger partial charge < -0.3 is 10.0 Å². The van der Waals surface area contributed by atoms with E-state index in [-0.39, 0.29) is 36.7 Å². The number of nitrogens with zero attached hydrogens (tertiary/aromatic N) is 3. The van der Waals surface area contributed by atoms with E-state index in [1.165, 1.54) is 12.1 Å². The quantitative estimate of drug-likeness (QED) is 0.722. The molecule has 1 aliphatic heterocycles. The standard InChI is InChI=1S/C19H28FN3O3.ClH/c1-3-23(12-15-5-4-6-16(20)11-15)18(24)13-22-9-7-17(8-10-22)21(2)14-19(25)26;/h4-6,11,17H,3,7-10,12-14H2,1-2H3,(H,25,26);1H. The van der Waals surface area contributed by atoms with Crippen molar-refractivity contribution in [2.24, 2.45) is 0 Å². The molecule has 1 aromatic rings. The molecule has 6 nitrogen and oxygen atoms in total. The molecule has 0 radical (unpaired) electrons. The number of benzene rings is 1. The van der Waals surface area contributed by atoms with Crippen molar-refractivity contribution < 1.29 is 19.1 Å². The molecule has 1 aromatic carbocycles. The highest BCUT2D eigenvalue weighted by Gasteiger charge is 2.25. The van der Waals surface area contributed by atoms with E-state index >= 15 is 0 Å². The van der Waals surface area contributed by atoms with Crippen molar-refractivity contribution in [3.05, 3.63) is 35.6 Å². The van der Waals surface area contributed by atoms with Crippen LogP contribution in [0.3, 0.4) is 0 Å². The number of carboxylic acid groups (broad SMARTS) is 1. The van der Waals surface area contributed by atoms with Crippen LogP contribution in [0, 0.1) is 5.82 Å². The predicted molar refractivity (Wildman–Crippen MR) is 104 cm³/mol. The van der Waals surface area contributed by atoms with E-state index in [2.05, 4.69) is 4.90 Å². The topological polar surface area (TPSA) is 64.1 Å². The maximum Gasteiger partial charge on any atom is 0.317 e. The summed E-state index contributed by atoms with van der Waals surface area (Å²) >= 11 is 0. The predicted octanol–water partition coefficient (Wildman–Crippen LogP) is 2.08. The lowest BCUT2D eigenvalue weighted by Gasteiger charge is -2.36. The van der Waals surface area contributed by atoms with Crippen molar-refractivity contribution in [1.29, 1.82) is 0 Å². The molecular weight excluding hydrogens is 373 g/mol. The fourth-order valence-corrected chi connectivity index (χ4v) is 3.38. The Hall–Kier alpha value is -1.70. The molecule has 1 N–H and O–H groups in total. The van der Waals surface area contributed by atoms with Crippen molar-refractivity contribution in [3.63, 3.8) is 0 Å². The number of piperidine rings is 1. The van der Waals surface area contributed by atoms with E-state index in [0.717, 1.165) is 31.5 Å². The SMILES string of the molecule is CCN(Cc1cccc(F)c1)C(=O)CN1CCC(N(C)CC(=O)O)CC1.Cl. The molecule has 0 atom stereocenters. The zero-order chi connectivity index (χ0) is 19.1. The van der Waals surface area contributed by atoms with Gasteiger partial charge in [-0.15, -0.1) is 12.4 Å². The molecule has 1 saturated heterocycles. The summed E-state index contributed by atoms with van der Waals surface area (Å²) in [6.45, 7) is 4.84. The largest absolute Gasteiger partial charge is 0.480 e. The fourth-order valence-electron chi connectivity index (χ4n) is 3.38. The minimum absolute atomic E-state index is 0. The maximum atomic E-state index is 13.3. The summed E-state index contributed by atoms with van der Waals surface area (Å²) in [5.74, 6) is -1.08. The summed E-state index contributed by atoms with van der Waals surface area (Å²) < 4.78 is 13.3. The van der Waals surface area contributed by atoms with Crippen LogP contribution in [0.5, 0.6) is 0 Å². The summed E-state index contributed by atoms with van der Waals surface area (Å²) in [6, 6.07) is 6.57. The number of hydrogen-bond donors (Lipinski definition) is 1. The molecule has 0 bridgehead atoms. The van der Waals surface area contributed by atoms with Crippen LogP contribution in [0.1, 0.15) is 25.3 Å². The van der Waals surface area contributed by atoms with E-state index in [1.807, 2.05) is 24.9 Å². The number of carboxylic acids is 1. The lowest BCUT2D eigenvalue weighted by molar-refractivity contribution is -0.138. The number of amides is 1. The average Bonchev–Trinajstić information content (AvgIpc) is 2.59. The molecule has 8 heteroatoms. The number of likely N-dealkylation sites (tertiary alicyclic amines) is 1. The molecule has 0 unspecified atom stereocenters. The van der Waals surface area contributed by atoms with Gasteiger partial charge in [-0.3, -0.25) is 19.4 Å². The van der Waals surface area contributed by atoms with Crippen LogP contribution >= 0.6 is 12.4 Å². The third kappa shape index (κ3) is 7.44. The van der Waals surface area contributed by atoms with Crippen molar-refractivity contribution in [3.8, 4) is 0 Å². The molecule has 0 saturated carbocycles. The molecule has 0 aliphatic carbocycles. The van der Waals surface area contributed by atoms with Crippen LogP contribution in [0.25, 0.3) is 0 Å². The summed E-state index contributed by atoms with van der Waals surface area (Å²) in [6.07, 6.45) is 1.71. The number of hydrogen-bond acceptors (Lipinski definition) is 4. The molecule has 1 aliphatic rings. The second kappa shape index (κ2) is 11.2. The smallest absolute Gasteiger partial charge is 0.317 e. The Morgan fingerprint density at radius 3 is 2.52 bits per heavy atom. The van der Waals surface area contributed by atoms with Gasteiger partial charge in [-0.1, -0.05) is 12.1 Å². The third-order valence-electron chi connectivity index (χ3n) is 4.92. The second-order valence-corrected chi connectivity index (χ2v) is 6.85. The minimum atomic E-state index is -0.818. The maximum absolute atomic E-state index is 13.3. The van der Waals surface area contributed by atoms with E-state index < -0.39 is 5.97 Å². The number of aliphatic carboxylic acids is 1. The van der Waals surface area contributed by atoms with Gasteiger partial charge in [0.15, 0.2) is 0 Å². The number of carbonyl (C=O) groups is 2. The Balaban J connectivity index is 0.00000364. The summed E-state index contributed by atoms with van der Waals surface area (Å²) in [7, 11) is 1.83. The Morgan fingerprint density at radius 2 is 1.96 bits per heavy atom. The van der Waals surface area contributed by atoms with Crippen LogP contribution < -0.4 is 0 Å². The number of rotatable bonds is 8. The Bertz CT molecular complexity index is 624. The Labute approximate surface area is 166 Å². The van der Waals surface area contributed by atoms with Gasteiger partial charge in [0, 0.05) is 32.2 Å². The molecule has 1 amide bonds. The van der Waals surface area contributed by atoms with Crippen LogP contribution in [-0.4, -0.2) is 77.5 Å². The number of halogens is 2. The van der Waals surface area contributed by atoms with E-state index in [0.29, 0.717) is 19.6 Å². The van der Waals surface area contributed by atoms with Crippen LogP contribution in [0.2, 0.25) is 0 Å². The molecule has 0 spiro atoms. The van der Waals surface area contributed by atoms with Gasteiger partial charge in [0.05, 0.1) is 13.1 Å². The first kappa shape index (κ1) is 23.3. The van der Waals surface area contributed by atoms with Gasteiger partial charge in [-0.2, -0.15) is 0 Å².